The molecule has 0 unspecified atom stereocenters. The number of amidine groups is 1. The molecule has 1 aliphatic rings. The largest absolute Gasteiger partial charge is 0.409 e. The van der Waals surface area contributed by atoms with Crippen LogP contribution in [-0.2, 0) is 19.9 Å². The van der Waals surface area contributed by atoms with Crippen molar-refractivity contribution < 1.29 is 5.21 Å². The predicted octanol–water partition coefficient (Wildman–Crippen LogP) is 2.46. The first-order valence-corrected chi connectivity index (χ1v) is 7.73. The number of nitrogens with zero attached hydrogens (tertiary/aromatic N) is 3. The fourth-order valence-corrected chi connectivity index (χ4v) is 3.91. The van der Waals surface area contributed by atoms with E-state index in [0.29, 0.717) is 5.56 Å². The van der Waals surface area contributed by atoms with E-state index in [1.54, 1.807) is 16.4 Å². The SMILES string of the molecule is Cc1nn(C)c(Sc2ccc3c(c2)CCC3)c1C(N)=NO. The van der Waals surface area contributed by atoms with Crippen molar-refractivity contribution >= 4 is 17.6 Å². The van der Waals surface area contributed by atoms with Gasteiger partial charge in [-0.15, -0.1) is 0 Å². The summed E-state index contributed by atoms with van der Waals surface area (Å²) in [5.41, 5.74) is 10.1. The van der Waals surface area contributed by atoms with E-state index in [-0.39, 0.29) is 5.84 Å². The van der Waals surface area contributed by atoms with Crippen molar-refractivity contribution in [2.45, 2.75) is 36.1 Å². The molecule has 0 saturated carbocycles. The summed E-state index contributed by atoms with van der Waals surface area (Å²) in [5.74, 6) is 0.101. The van der Waals surface area contributed by atoms with Crippen molar-refractivity contribution in [2.24, 2.45) is 17.9 Å². The molecule has 3 rings (SSSR count). The van der Waals surface area contributed by atoms with Gasteiger partial charge in [-0.05, 0) is 49.4 Å². The molecule has 1 aromatic heterocycles. The lowest BCUT2D eigenvalue weighted by atomic mass is 10.1. The maximum atomic E-state index is 8.96. The number of fused-ring (bicyclic) bond motifs is 1. The molecule has 0 aliphatic heterocycles. The van der Waals surface area contributed by atoms with Crippen LogP contribution in [0.3, 0.4) is 0 Å². The Kier molecular flexibility index (Phi) is 3.63. The first kappa shape index (κ1) is 14.0. The molecule has 21 heavy (non-hydrogen) atoms. The van der Waals surface area contributed by atoms with E-state index in [4.69, 9.17) is 10.9 Å². The molecule has 1 aliphatic carbocycles. The highest BCUT2D eigenvalue weighted by atomic mass is 32.2. The van der Waals surface area contributed by atoms with Gasteiger partial charge in [-0.1, -0.05) is 23.0 Å². The van der Waals surface area contributed by atoms with Crippen LogP contribution in [0.5, 0.6) is 0 Å². The number of hydrogen-bond donors (Lipinski definition) is 2. The zero-order valence-electron chi connectivity index (χ0n) is 12.1. The van der Waals surface area contributed by atoms with Gasteiger partial charge in [0.25, 0.3) is 0 Å². The molecular weight excluding hydrogens is 284 g/mol. The van der Waals surface area contributed by atoms with E-state index < -0.39 is 0 Å². The minimum atomic E-state index is 0.101. The van der Waals surface area contributed by atoms with Crippen LogP contribution < -0.4 is 5.73 Å². The summed E-state index contributed by atoms with van der Waals surface area (Å²) in [7, 11) is 1.87. The Bertz CT molecular complexity index is 721. The van der Waals surface area contributed by atoms with Gasteiger partial charge in [-0.3, -0.25) is 4.68 Å². The van der Waals surface area contributed by atoms with Gasteiger partial charge in [0.05, 0.1) is 11.3 Å². The summed E-state index contributed by atoms with van der Waals surface area (Å²) in [6.07, 6.45) is 3.57. The number of rotatable bonds is 3. The third kappa shape index (κ3) is 2.51. The first-order chi connectivity index (χ1) is 10.1. The minimum absolute atomic E-state index is 0.101. The lowest BCUT2D eigenvalue weighted by Crippen LogP contribution is -2.14. The number of nitrogens with two attached hydrogens (primary N) is 1. The molecule has 1 aromatic carbocycles. The first-order valence-electron chi connectivity index (χ1n) is 6.91. The number of aromatic nitrogens is 2. The molecule has 110 valence electrons. The number of hydrogen-bond acceptors (Lipinski definition) is 4. The highest BCUT2D eigenvalue weighted by Gasteiger charge is 2.19. The third-order valence-electron chi connectivity index (χ3n) is 3.82. The highest BCUT2D eigenvalue weighted by molar-refractivity contribution is 7.99. The Morgan fingerprint density at radius 3 is 2.90 bits per heavy atom. The van der Waals surface area contributed by atoms with E-state index >= 15 is 0 Å². The Hall–Kier alpha value is -1.95. The monoisotopic (exact) mass is 302 g/mol. The Balaban J connectivity index is 1.98. The summed E-state index contributed by atoms with van der Waals surface area (Å²) in [6, 6.07) is 6.58. The van der Waals surface area contributed by atoms with Crippen LogP contribution in [0.25, 0.3) is 0 Å². The third-order valence-corrected chi connectivity index (χ3v) is 4.97. The van der Waals surface area contributed by atoms with Crippen LogP contribution in [0.1, 0.15) is 28.8 Å². The van der Waals surface area contributed by atoms with Crippen LogP contribution in [0.4, 0.5) is 0 Å². The van der Waals surface area contributed by atoms with Crippen molar-refractivity contribution in [3.8, 4) is 0 Å². The van der Waals surface area contributed by atoms with Crippen LogP contribution in [-0.4, -0.2) is 20.8 Å². The summed E-state index contributed by atoms with van der Waals surface area (Å²) < 4.78 is 1.78. The van der Waals surface area contributed by atoms with E-state index in [9.17, 15) is 0 Å². The maximum absolute atomic E-state index is 8.96. The molecule has 0 amide bonds. The van der Waals surface area contributed by atoms with Crippen molar-refractivity contribution in [1.29, 1.82) is 0 Å². The molecule has 0 radical (unpaired) electrons. The second-order valence-corrected chi connectivity index (χ2v) is 6.32. The van der Waals surface area contributed by atoms with E-state index in [1.165, 1.54) is 24.0 Å². The molecule has 1 heterocycles. The second kappa shape index (κ2) is 5.44. The fourth-order valence-electron chi connectivity index (χ4n) is 2.82. The summed E-state index contributed by atoms with van der Waals surface area (Å²) >= 11 is 1.60. The average Bonchev–Trinajstić information content (AvgIpc) is 3.03. The predicted molar refractivity (Wildman–Crippen MR) is 83.0 cm³/mol. The Labute approximate surface area is 127 Å². The number of aryl methyl sites for hydroxylation is 4. The molecule has 3 N–H and O–H groups in total. The maximum Gasteiger partial charge on any atom is 0.174 e. The number of benzene rings is 1. The van der Waals surface area contributed by atoms with Gasteiger partial charge in [-0.25, -0.2) is 0 Å². The van der Waals surface area contributed by atoms with Crippen molar-refractivity contribution in [2.75, 3.05) is 0 Å². The Morgan fingerprint density at radius 2 is 2.14 bits per heavy atom. The van der Waals surface area contributed by atoms with Crippen molar-refractivity contribution in [1.82, 2.24) is 9.78 Å². The zero-order valence-corrected chi connectivity index (χ0v) is 12.9. The minimum Gasteiger partial charge on any atom is -0.409 e. The van der Waals surface area contributed by atoms with Crippen molar-refractivity contribution in [3.05, 3.63) is 40.6 Å². The lowest BCUT2D eigenvalue weighted by Gasteiger charge is -2.07. The summed E-state index contributed by atoms with van der Waals surface area (Å²) in [6.45, 7) is 1.86. The standard InChI is InChI=1S/C15H18N4OS/c1-9-13(14(16)18-20)15(19(2)17-9)21-12-7-6-10-4-3-5-11(10)8-12/h6-8,20H,3-5H2,1-2H3,(H2,16,18). The van der Waals surface area contributed by atoms with Gasteiger partial charge in [0, 0.05) is 11.9 Å². The van der Waals surface area contributed by atoms with Crippen LogP contribution in [0.15, 0.2) is 33.3 Å². The second-order valence-electron chi connectivity index (χ2n) is 5.26. The topological polar surface area (TPSA) is 76.4 Å². The average molecular weight is 302 g/mol. The van der Waals surface area contributed by atoms with Crippen LogP contribution >= 0.6 is 11.8 Å². The highest BCUT2D eigenvalue weighted by Crippen LogP contribution is 2.34. The number of oxime groups is 1. The quantitative estimate of drug-likeness (QED) is 0.395. The molecule has 0 bridgehead atoms. The molecule has 0 spiro atoms. The molecular formula is C15H18N4OS. The van der Waals surface area contributed by atoms with Gasteiger partial charge >= 0.3 is 0 Å². The molecule has 2 aromatic rings. The van der Waals surface area contributed by atoms with Crippen LogP contribution in [0, 0.1) is 6.92 Å². The smallest absolute Gasteiger partial charge is 0.174 e. The normalized spacial score (nSPS) is 14.5. The van der Waals surface area contributed by atoms with Gasteiger partial charge in [0.2, 0.25) is 0 Å². The van der Waals surface area contributed by atoms with Gasteiger partial charge < -0.3 is 10.9 Å². The van der Waals surface area contributed by atoms with Crippen molar-refractivity contribution in [3.63, 3.8) is 0 Å². The molecule has 0 atom stereocenters. The lowest BCUT2D eigenvalue weighted by molar-refractivity contribution is 0.318. The van der Waals surface area contributed by atoms with E-state index in [1.807, 2.05) is 14.0 Å². The molecule has 6 heteroatoms. The van der Waals surface area contributed by atoms with Gasteiger partial charge in [0.1, 0.15) is 5.03 Å². The van der Waals surface area contributed by atoms with E-state index in [0.717, 1.165) is 22.0 Å². The fraction of sp³-hybridized carbons (Fsp3) is 0.333. The molecule has 0 saturated heterocycles. The molecule has 0 fully saturated rings. The Morgan fingerprint density at radius 1 is 1.38 bits per heavy atom. The zero-order chi connectivity index (χ0) is 15.0. The molecule has 5 nitrogen and oxygen atoms in total. The van der Waals surface area contributed by atoms with Gasteiger partial charge in [0.15, 0.2) is 5.84 Å². The van der Waals surface area contributed by atoms with Gasteiger partial charge in [-0.2, -0.15) is 5.10 Å². The summed E-state index contributed by atoms with van der Waals surface area (Å²) in [5, 5.41) is 17.3. The van der Waals surface area contributed by atoms with E-state index in [2.05, 4.69) is 28.5 Å². The van der Waals surface area contributed by atoms with Crippen LogP contribution in [0.2, 0.25) is 0 Å². The summed E-state index contributed by atoms with van der Waals surface area (Å²) in [4.78, 5) is 1.16.